The third-order valence-corrected chi connectivity index (χ3v) is 4.58. The van der Waals surface area contributed by atoms with Crippen molar-refractivity contribution in [3.8, 4) is 0 Å². The molecule has 0 saturated carbocycles. The zero-order valence-corrected chi connectivity index (χ0v) is 17.8. The van der Waals surface area contributed by atoms with Crippen LogP contribution in [0.2, 0.25) is 0 Å². The number of oxime groups is 1. The van der Waals surface area contributed by atoms with Crippen LogP contribution in [-0.4, -0.2) is 30.8 Å². The Labute approximate surface area is 167 Å². The van der Waals surface area contributed by atoms with Crippen LogP contribution in [0.5, 0.6) is 0 Å². The fourth-order valence-electron chi connectivity index (χ4n) is 2.39. The zero-order chi connectivity index (χ0) is 20.5. The van der Waals surface area contributed by atoms with Crippen molar-refractivity contribution >= 4 is 28.9 Å². The molecule has 0 aliphatic heterocycles. The number of nitrogens with zero attached hydrogens (tertiary/aromatic N) is 1. The van der Waals surface area contributed by atoms with Gasteiger partial charge in [-0.3, -0.25) is 9.18 Å². The molecule has 0 saturated heterocycles. The Balaban J connectivity index is 2.61. The van der Waals surface area contributed by atoms with E-state index < -0.39 is 12.1 Å². The van der Waals surface area contributed by atoms with Gasteiger partial charge in [0.25, 0.3) is 5.91 Å². The first-order valence-corrected chi connectivity index (χ1v) is 9.85. The molecule has 0 aromatic heterocycles. The lowest BCUT2D eigenvalue weighted by Gasteiger charge is -2.22. The van der Waals surface area contributed by atoms with Crippen LogP contribution in [0.15, 0.2) is 29.4 Å². The Bertz CT molecular complexity index is 622. The second kappa shape index (κ2) is 10.6. The highest BCUT2D eigenvalue weighted by Crippen LogP contribution is 2.24. The number of unbranched alkanes of at least 4 members (excludes halogenated alkanes) is 1. The number of alkyl halides is 2. The van der Waals surface area contributed by atoms with Gasteiger partial charge in [-0.25, -0.2) is 0 Å². The van der Waals surface area contributed by atoms with E-state index >= 15 is 0 Å². The van der Waals surface area contributed by atoms with Gasteiger partial charge in [-0.05, 0) is 42.4 Å². The number of hydrogen-bond acceptors (Lipinski definition) is 3. The predicted octanol–water partition coefficient (Wildman–Crippen LogP) is 5.70. The van der Waals surface area contributed by atoms with Crippen molar-refractivity contribution in [2.45, 2.75) is 59.3 Å². The molecule has 0 bridgehead atoms. The maximum atomic E-state index is 13.3. The largest absolute Gasteiger partial charge is 0.386 e. The third-order valence-electron chi connectivity index (χ3n) is 4.32. The van der Waals surface area contributed by atoms with Crippen molar-refractivity contribution < 1.29 is 14.0 Å². The van der Waals surface area contributed by atoms with E-state index in [4.69, 9.17) is 16.4 Å². The molecule has 1 aromatic rings. The smallest absolute Gasteiger partial charge is 0.265 e. The Hall–Kier alpha value is -1.62. The van der Waals surface area contributed by atoms with Crippen molar-refractivity contribution in [3.05, 3.63) is 29.8 Å². The van der Waals surface area contributed by atoms with E-state index in [2.05, 4.69) is 31.2 Å². The molecule has 0 spiro atoms. The molecule has 1 aromatic carbocycles. The number of nitrogens with one attached hydrogen (secondary N) is 1. The highest BCUT2D eigenvalue weighted by atomic mass is 35.5. The maximum absolute atomic E-state index is 13.3. The molecule has 0 aliphatic carbocycles. The number of amides is 1. The van der Waals surface area contributed by atoms with Crippen molar-refractivity contribution in [1.82, 2.24) is 0 Å². The van der Waals surface area contributed by atoms with E-state index in [1.165, 1.54) is 5.56 Å². The van der Waals surface area contributed by atoms with Crippen molar-refractivity contribution in [3.63, 3.8) is 0 Å². The molecule has 0 unspecified atom stereocenters. The average molecular weight is 399 g/mol. The highest BCUT2D eigenvalue weighted by molar-refractivity contribution is 6.17. The average Bonchev–Trinajstić information content (AvgIpc) is 2.60. The van der Waals surface area contributed by atoms with Crippen LogP contribution < -0.4 is 5.32 Å². The van der Waals surface area contributed by atoms with Gasteiger partial charge in [0.1, 0.15) is 0 Å². The van der Waals surface area contributed by atoms with E-state index in [0.29, 0.717) is 23.7 Å². The monoisotopic (exact) mass is 398 g/mol. The van der Waals surface area contributed by atoms with Crippen molar-refractivity contribution in [1.29, 1.82) is 0 Å². The van der Waals surface area contributed by atoms with Crippen molar-refractivity contribution in [2.24, 2.45) is 10.6 Å². The summed E-state index contributed by atoms with van der Waals surface area (Å²) in [6.45, 7) is 9.19. The first-order valence-electron chi connectivity index (χ1n) is 9.32. The van der Waals surface area contributed by atoms with Crippen LogP contribution in [0.4, 0.5) is 10.1 Å². The SMILES string of the molecule is CC(C)(CF)/C(CCCCCl)=N/OCC(=O)Nc1ccc(C(C)(C)C)cc1. The van der Waals surface area contributed by atoms with E-state index in [0.717, 1.165) is 12.8 Å². The number of benzene rings is 1. The Kier molecular flexibility index (Phi) is 9.23. The van der Waals surface area contributed by atoms with Gasteiger partial charge in [-0.1, -0.05) is 51.9 Å². The molecule has 0 radical (unpaired) electrons. The number of halogens is 2. The van der Waals surface area contributed by atoms with Gasteiger partial charge in [-0.15, -0.1) is 11.6 Å². The minimum atomic E-state index is -0.717. The molecule has 1 amide bonds. The third kappa shape index (κ3) is 8.29. The lowest BCUT2D eigenvalue weighted by molar-refractivity contribution is -0.120. The summed E-state index contributed by atoms with van der Waals surface area (Å²) in [5, 5.41) is 6.81. The minimum Gasteiger partial charge on any atom is -0.386 e. The Morgan fingerprint density at radius 2 is 1.78 bits per heavy atom. The predicted molar refractivity (Wildman–Crippen MR) is 111 cm³/mol. The van der Waals surface area contributed by atoms with E-state index in [9.17, 15) is 9.18 Å². The first kappa shape index (κ1) is 23.4. The summed E-state index contributed by atoms with van der Waals surface area (Å²) < 4.78 is 13.3. The Morgan fingerprint density at radius 1 is 1.15 bits per heavy atom. The van der Waals surface area contributed by atoms with Crippen LogP contribution in [-0.2, 0) is 15.0 Å². The van der Waals surface area contributed by atoms with Crippen molar-refractivity contribution in [2.75, 3.05) is 24.5 Å². The lowest BCUT2D eigenvalue weighted by Crippen LogP contribution is -2.27. The number of rotatable bonds is 10. The molecule has 0 fully saturated rings. The number of hydrogen-bond donors (Lipinski definition) is 1. The van der Waals surface area contributed by atoms with Crippen LogP contribution >= 0.6 is 11.6 Å². The van der Waals surface area contributed by atoms with Crippen LogP contribution in [0.1, 0.15) is 59.4 Å². The molecule has 6 heteroatoms. The molecule has 1 N–H and O–H groups in total. The highest BCUT2D eigenvalue weighted by Gasteiger charge is 2.25. The molecule has 4 nitrogen and oxygen atoms in total. The lowest BCUT2D eigenvalue weighted by atomic mass is 9.86. The summed E-state index contributed by atoms with van der Waals surface area (Å²) >= 11 is 5.69. The quantitative estimate of drug-likeness (QED) is 0.238. The van der Waals surface area contributed by atoms with Crippen LogP contribution in [0.3, 0.4) is 0 Å². The van der Waals surface area contributed by atoms with Gasteiger partial charge >= 0.3 is 0 Å². The minimum absolute atomic E-state index is 0.0590. The summed E-state index contributed by atoms with van der Waals surface area (Å²) in [4.78, 5) is 17.3. The summed E-state index contributed by atoms with van der Waals surface area (Å²) in [6, 6.07) is 7.72. The number of carbonyl (C=O) groups is 1. The topological polar surface area (TPSA) is 50.7 Å². The summed E-state index contributed by atoms with van der Waals surface area (Å²) in [7, 11) is 0. The molecular formula is C21H32ClFN2O2. The molecule has 0 atom stereocenters. The molecule has 27 heavy (non-hydrogen) atoms. The van der Waals surface area contributed by atoms with Gasteiger partial charge in [0, 0.05) is 17.0 Å². The number of carbonyl (C=O) groups excluding carboxylic acids is 1. The van der Waals surface area contributed by atoms with Gasteiger partial charge in [0.2, 0.25) is 0 Å². The van der Waals surface area contributed by atoms with Gasteiger partial charge in [0.05, 0.1) is 12.4 Å². The summed E-state index contributed by atoms with van der Waals surface area (Å²) in [5.74, 6) is 0.251. The molecule has 152 valence electrons. The van der Waals surface area contributed by atoms with Gasteiger partial charge in [0.15, 0.2) is 6.61 Å². The molecule has 0 aliphatic rings. The zero-order valence-electron chi connectivity index (χ0n) is 17.1. The van der Waals surface area contributed by atoms with Crippen LogP contribution in [0, 0.1) is 5.41 Å². The van der Waals surface area contributed by atoms with Crippen LogP contribution in [0.25, 0.3) is 0 Å². The summed E-state index contributed by atoms with van der Waals surface area (Å²) in [6.07, 6.45) is 2.23. The fraction of sp³-hybridized carbons (Fsp3) is 0.619. The summed E-state index contributed by atoms with van der Waals surface area (Å²) in [5.41, 5.74) is 1.84. The second-order valence-electron chi connectivity index (χ2n) is 8.35. The van der Waals surface area contributed by atoms with Gasteiger partial charge in [-0.2, -0.15) is 0 Å². The first-order chi connectivity index (χ1) is 12.6. The van der Waals surface area contributed by atoms with E-state index in [-0.39, 0.29) is 17.9 Å². The molecule has 1 rings (SSSR count). The second-order valence-corrected chi connectivity index (χ2v) is 8.73. The standard InChI is InChI=1S/C21H32ClFN2O2/c1-20(2,3)16-9-11-17(12-10-16)24-19(26)14-27-25-18(8-6-7-13-22)21(4,5)15-23/h9-12H,6-8,13-15H2,1-5H3,(H,24,26)/b25-18+. The maximum Gasteiger partial charge on any atom is 0.265 e. The van der Waals surface area contributed by atoms with E-state index in [1.54, 1.807) is 13.8 Å². The van der Waals surface area contributed by atoms with E-state index in [1.807, 2.05) is 24.3 Å². The fourth-order valence-corrected chi connectivity index (χ4v) is 2.58. The van der Waals surface area contributed by atoms with Gasteiger partial charge < -0.3 is 10.2 Å². The normalized spacial score (nSPS) is 12.8. The Morgan fingerprint density at radius 3 is 2.30 bits per heavy atom. The number of anilines is 1. The molecule has 0 heterocycles. The molecular weight excluding hydrogens is 367 g/mol.